The molecule has 0 aliphatic carbocycles. The van der Waals surface area contributed by atoms with Crippen LogP contribution in [0.2, 0.25) is 0 Å². The first kappa shape index (κ1) is 12.2. The maximum Gasteiger partial charge on any atom is 0.321 e. The van der Waals surface area contributed by atoms with E-state index in [1.165, 1.54) is 6.07 Å². The van der Waals surface area contributed by atoms with Gasteiger partial charge in [0.05, 0.1) is 0 Å². The lowest BCUT2D eigenvalue weighted by Gasteiger charge is -2.05. The van der Waals surface area contributed by atoms with Crippen molar-refractivity contribution in [1.82, 2.24) is 4.98 Å². The zero-order valence-corrected chi connectivity index (χ0v) is 10.6. The van der Waals surface area contributed by atoms with E-state index in [1.54, 1.807) is 18.2 Å². The van der Waals surface area contributed by atoms with E-state index in [-0.39, 0.29) is 5.82 Å². The highest BCUT2D eigenvalue weighted by atomic mass is 16.6. The van der Waals surface area contributed by atoms with Crippen molar-refractivity contribution in [1.29, 1.82) is 0 Å². The fraction of sp³-hybridized carbons (Fsp3) is 0.0667. The summed E-state index contributed by atoms with van der Waals surface area (Å²) in [5, 5.41) is 11.5. The molecule has 1 aromatic heterocycles. The van der Waals surface area contributed by atoms with Crippen LogP contribution in [0.1, 0.15) is 5.56 Å². The summed E-state index contributed by atoms with van der Waals surface area (Å²) in [5.41, 5.74) is 1.80. The van der Waals surface area contributed by atoms with Crippen LogP contribution in [0, 0.1) is 10.1 Å². The first-order valence-corrected chi connectivity index (χ1v) is 6.16. The first-order chi connectivity index (χ1) is 9.72. The molecule has 1 heterocycles. The first-order valence-electron chi connectivity index (χ1n) is 6.16. The number of fused-ring (bicyclic) bond motifs is 1. The summed E-state index contributed by atoms with van der Waals surface area (Å²) in [6.45, 7) is 0.471. The smallest absolute Gasteiger partial charge is 0.321 e. The van der Waals surface area contributed by atoms with Crippen molar-refractivity contribution < 1.29 is 9.66 Å². The molecule has 0 atom stereocenters. The quantitative estimate of drug-likeness (QED) is 0.580. The van der Waals surface area contributed by atoms with Crippen molar-refractivity contribution in [3.63, 3.8) is 0 Å². The third-order valence-corrected chi connectivity index (χ3v) is 3.02. The lowest BCUT2D eigenvalue weighted by atomic mass is 10.2. The van der Waals surface area contributed by atoms with Crippen LogP contribution in [0.5, 0.6) is 5.75 Å². The van der Waals surface area contributed by atoms with Crippen LogP contribution in [0.4, 0.5) is 5.82 Å². The Labute approximate surface area is 115 Å². The van der Waals surface area contributed by atoms with E-state index in [2.05, 4.69) is 4.98 Å². The van der Waals surface area contributed by atoms with Gasteiger partial charge >= 0.3 is 5.82 Å². The Kier molecular flexibility index (Phi) is 3.09. The average molecular weight is 268 g/mol. The Bertz CT molecular complexity index is 750. The van der Waals surface area contributed by atoms with E-state index in [1.807, 2.05) is 30.3 Å². The summed E-state index contributed by atoms with van der Waals surface area (Å²) in [6.07, 6.45) is 0. The summed E-state index contributed by atoms with van der Waals surface area (Å²) < 4.78 is 5.69. The Morgan fingerprint density at radius 3 is 2.65 bits per heavy atom. The van der Waals surface area contributed by atoms with Crippen molar-refractivity contribution in [2.75, 3.05) is 0 Å². The van der Waals surface area contributed by atoms with E-state index in [9.17, 15) is 10.1 Å². The summed E-state index contributed by atoms with van der Waals surface area (Å²) in [7, 11) is 0. The third-order valence-electron chi connectivity index (χ3n) is 3.02. The van der Waals surface area contributed by atoms with Crippen LogP contribution in [0.15, 0.2) is 54.6 Å². The number of rotatable bonds is 4. The largest absolute Gasteiger partial charge is 0.489 e. The molecular formula is C15H12N2O3. The number of nitro groups is 1. The number of aromatic nitrogens is 1. The van der Waals surface area contributed by atoms with Gasteiger partial charge in [-0.1, -0.05) is 30.3 Å². The van der Waals surface area contributed by atoms with E-state index < -0.39 is 4.92 Å². The van der Waals surface area contributed by atoms with Gasteiger partial charge in [-0.15, -0.1) is 0 Å². The minimum atomic E-state index is -0.440. The van der Waals surface area contributed by atoms with Crippen molar-refractivity contribution in [3.8, 4) is 5.75 Å². The van der Waals surface area contributed by atoms with E-state index in [4.69, 9.17) is 4.74 Å². The molecule has 0 spiro atoms. The minimum Gasteiger partial charge on any atom is -0.489 e. The van der Waals surface area contributed by atoms with E-state index in [0.29, 0.717) is 12.4 Å². The van der Waals surface area contributed by atoms with Gasteiger partial charge in [0.15, 0.2) is 0 Å². The zero-order valence-electron chi connectivity index (χ0n) is 10.6. The fourth-order valence-corrected chi connectivity index (χ4v) is 2.02. The average Bonchev–Trinajstić information content (AvgIpc) is 2.89. The van der Waals surface area contributed by atoms with Crippen LogP contribution >= 0.6 is 0 Å². The van der Waals surface area contributed by atoms with Crippen LogP contribution < -0.4 is 4.74 Å². The predicted octanol–water partition coefficient (Wildman–Crippen LogP) is 3.66. The van der Waals surface area contributed by atoms with Crippen molar-refractivity contribution in [2.24, 2.45) is 0 Å². The topological polar surface area (TPSA) is 68.2 Å². The molecule has 0 saturated carbocycles. The van der Waals surface area contributed by atoms with Crippen LogP contribution in [-0.2, 0) is 6.61 Å². The zero-order chi connectivity index (χ0) is 13.9. The highest BCUT2D eigenvalue weighted by Crippen LogP contribution is 2.25. The second-order valence-electron chi connectivity index (χ2n) is 4.44. The Hall–Kier alpha value is -2.82. The van der Waals surface area contributed by atoms with Gasteiger partial charge in [-0.2, -0.15) is 0 Å². The molecule has 20 heavy (non-hydrogen) atoms. The standard InChI is InChI=1S/C15H12N2O3/c18-17(19)15-9-12-8-13(6-7-14(12)16-15)20-10-11-4-2-1-3-5-11/h1-9,16H,10H2. The molecule has 0 saturated heterocycles. The number of H-pyrrole nitrogens is 1. The molecule has 3 rings (SSSR count). The lowest BCUT2D eigenvalue weighted by Crippen LogP contribution is -1.94. The summed E-state index contributed by atoms with van der Waals surface area (Å²) in [5.74, 6) is 0.676. The maximum atomic E-state index is 10.7. The Morgan fingerprint density at radius 1 is 1.10 bits per heavy atom. The predicted molar refractivity (Wildman–Crippen MR) is 75.7 cm³/mol. The van der Waals surface area contributed by atoms with Crippen molar-refractivity contribution in [3.05, 3.63) is 70.3 Å². The molecule has 100 valence electrons. The van der Waals surface area contributed by atoms with Crippen LogP contribution in [0.25, 0.3) is 10.9 Å². The summed E-state index contributed by atoms with van der Waals surface area (Å²) >= 11 is 0. The summed E-state index contributed by atoms with van der Waals surface area (Å²) in [4.78, 5) is 13.0. The molecule has 0 unspecified atom stereocenters. The molecule has 0 amide bonds. The second-order valence-corrected chi connectivity index (χ2v) is 4.44. The molecule has 5 nitrogen and oxygen atoms in total. The van der Waals surface area contributed by atoms with E-state index in [0.717, 1.165) is 16.5 Å². The van der Waals surface area contributed by atoms with Gasteiger partial charge in [-0.05, 0) is 28.7 Å². The molecule has 0 bridgehead atoms. The normalized spacial score (nSPS) is 10.6. The lowest BCUT2D eigenvalue weighted by molar-refractivity contribution is -0.389. The molecule has 0 aliphatic heterocycles. The highest BCUT2D eigenvalue weighted by molar-refractivity contribution is 5.83. The van der Waals surface area contributed by atoms with Gasteiger partial charge in [0.25, 0.3) is 0 Å². The number of nitrogens with one attached hydrogen (secondary N) is 1. The molecule has 0 fully saturated rings. The number of nitrogens with zero attached hydrogens (tertiary/aromatic N) is 1. The molecule has 1 N–H and O–H groups in total. The monoisotopic (exact) mass is 268 g/mol. The van der Waals surface area contributed by atoms with Crippen LogP contribution in [-0.4, -0.2) is 9.91 Å². The molecule has 0 aliphatic rings. The molecule has 0 radical (unpaired) electrons. The second kappa shape index (κ2) is 5.05. The maximum absolute atomic E-state index is 10.7. The van der Waals surface area contributed by atoms with Gasteiger partial charge < -0.3 is 14.9 Å². The van der Waals surface area contributed by atoms with Gasteiger partial charge in [0, 0.05) is 11.5 Å². The van der Waals surface area contributed by atoms with Crippen LogP contribution in [0.3, 0.4) is 0 Å². The SMILES string of the molecule is O=[N+]([O-])c1cc2cc(OCc3ccccc3)ccc2[nH]1. The molecular weight excluding hydrogens is 256 g/mol. The minimum absolute atomic E-state index is 0.0137. The van der Waals surface area contributed by atoms with Crippen molar-refractivity contribution in [2.45, 2.75) is 6.61 Å². The van der Waals surface area contributed by atoms with Gasteiger partial charge in [-0.3, -0.25) is 0 Å². The van der Waals surface area contributed by atoms with Crippen molar-refractivity contribution >= 4 is 16.7 Å². The molecule has 5 heteroatoms. The number of aromatic amines is 1. The van der Waals surface area contributed by atoms with Gasteiger partial charge in [0.2, 0.25) is 0 Å². The Morgan fingerprint density at radius 2 is 1.90 bits per heavy atom. The highest BCUT2D eigenvalue weighted by Gasteiger charge is 2.10. The third kappa shape index (κ3) is 2.47. The Balaban J connectivity index is 1.80. The van der Waals surface area contributed by atoms with E-state index >= 15 is 0 Å². The van der Waals surface area contributed by atoms with Gasteiger partial charge in [-0.25, -0.2) is 4.98 Å². The summed E-state index contributed by atoms with van der Waals surface area (Å²) in [6, 6.07) is 16.7. The fourth-order valence-electron chi connectivity index (χ4n) is 2.02. The number of ether oxygens (including phenoxy) is 1. The number of hydrogen-bond donors (Lipinski definition) is 1. The van der Waals surface area contributed by atoms with Gasteiger partial charge in [0.1, 0.15) is 17.9 Å². The molecule has 3 aromatic rings. The number of hydrogen-bond acceptors (Lipinski definition) is 3. The number of benzene rings is 2. The molecule has 2 aromatic carbocycles.